The van der Waals surface area contributed by atoms with Crippen molar-refractivity contribution in [3.63, 3.8) is 0 Å². The fraction of sp³-hybridized carbons (Fsp3) is 0.857. The molecular formula is C14H26N2O3. The molecule has 0 bridgehead atoms. The number of nitrogens with zero attached hydrogens (tertiary/aromatic N) is 2. The molecule has 5 nitrogen and oxygen atoms in total. The summed E-state index contributed by atoms with van der Waals surface area (Å²) in [5.74, 6) is -1.74. The minimum absolute atomic E-state index is 0.00102. The zero-order chi connectivity index (χ0) is 14.8. The summed E-state index contributed by atoms with van der Waals surface area (Å²) in [6.07, 6.45) is 0.893. The first-order valence-electron chi connectivity index (χ1n) is 6.89. The fourth-order valence-corrected chi connectivity index (χ4v) is 2.68. The third-order valence-electron chi connectivity index (χ3n) is 3.98. The van der Waals surface area contributed by atoms with Crippen LogP contribution in [0, 0.1) is 17.3 Å². The van der Waals surface area contributed by atoms with E-state index >= 15 is 0 Å². The van der Waals surface area contributed by atoms with E-state index in [-0.39, 0.29) is 11.8 Å². The van der Waals surface area contributed by atoms with Crippen molar-refractivity contribution in [1.82, 2.24) is 9.80 Å². The first kappa shape index (κ1) is 16.0. The zero-order valence-corrected chi connectivity index (χ0v) is 12.6. The monoisotopic (exact) mass is 270 g/mol. The maximum absolute atomic E-state index is 12.5. The van der Waals surface area contributed by atoms with Crippen LogP contribution in [-0.4, -0.2) is 60.5 Å². The zero-order valence-electron chi connectivity index (χ0n) is 12.6. The van der Waals surface area contributed by atoms with Crippen molar-refractivity contribution in [2.24, 2.45) is 17.3 Å². The second kappa shape index (κ2) is 5.90. The van der Waals surface area contributed by atoms with Crippen LogP contribution in [0.5, 0.6) is 0 Å². The van der Waals surface area contributed by atoms with Gasteiger partial charge in [0, 0.05) is 19.6 Å². The highest BCUT2D eigenvalue weighted by Crippen LogP contribution is 2.59. The van der Waals surface area contributed by atoms with E-state index in [9.17, 15) is 9.59 Å². The largest absolute Gasteiger partial charge is 0.481 e. The fourth-order valence-electron chi connectivity index (χ4n) is 2.68. The Bertz CT molecular complexity index is 353. The van der Waals surface area contributed by atoms with E-state index in [4.69, 9.17) is 5.11 Å². The van der Waals surface area contributed by atoms with E-state index < -0.39 is 17.3 Å². The summed E-state index contributed by atoms with van der Waals surface area (Å²) in [7, 11) is 3.94. The molecule has 0 aromatic heterocycles. The molecule has 5 heteroatoms. The highest BCUT2D eigenvalue weighted by Gasteiger charge is 2.66. The molecule has 2 atom stereocenters. The van der Waals surface area contributed by atoms with Gasteiger partial charge in [-0.05, 0) is 25.9 Å². The van der Waals surface area contributed by atoms with Crippen molar-refractivity contribution in [2.75, 3.05) is 33.7 Å². The van der Waals surface area contributed by atoms with Crippen LogP contribution in [0.4, 0.5) is 0 Å². The van der Waals surface area contributed by atoms with Crippen LogP contribution in [-0.2, 0) is 9.59 Å². The molecule has 0 unspecified atom stereocenters. The van der Waals surface area contributed by atoms with Gasteiger partial charge in [-0.2, -0.15) is 0 Å². The Morgan fingerprint density at radius 1 is 1.11 bits per heavy atom. The molecule has 110 valence electrons. The molecule has 1 N–H and O–H groups in total. The Morgan fingerprint density at radius 2 is 1.68 bits per heavy atom. The van der Waals surface area contributed by atoms with E-state index in [0.29, 0.717) is 13.1 Å². The van der Waals surface area contributed by atoms with Crippen molar-refractivity contribution < 1.29 is 14.7 Å². The number of hydrogen-bond donors (Lipinski definition) is 1. The first-order valence-corrected chi connectivity index (χ1v) is 6.89. The SMILES string of the molecule is CCCN(CCN(C)C)C(=O)[C@H]1[C@@H](C(=O)O)C1(C)C. The molecule has 1 fully saturated rings. The van der Waals surface area contributed by atoms with Crippen LogP contribution in [0.3, 0.4) is 0 Å². The third-order valence-corrected chi connectivity index (χ3v) is 3.98. The lowest BCUT2D eigenvalue weighted by Gasteiger charge is -2.24. The Labute approximate surface area is 115 Å². The van der Waals surface area contributed by atoms with E-state index in [0.717, 1.165) is 13.0 Å². The van der Waals surface area contributed by atoms with E-state index in [1.165, 1.54) is 0 Å². The lowest BCUT2D eigenvalue weighted by molar-refractivity contribution is -0.142. The number of amides is 1. The van der Waals surface area contributed by atoms with Gasteiger partial charge < -0.3 is 14.9 Å². The van der Waals surface area contributed by atoms with Crippen LogP contribution >= 0.6 is 0 Å². The maximum atomic E-state index is 12.5. The van der Waals surface area contributed by atoms with Crippen LogP contribution in [0.15, 0.2) is 0 Å². The summed E-state index contributed by atoms with van der Waals surface area (Å²) in [5.41, 5.74) is -0.410. The molecule has 1 saturated carbocycles. The average molecular weight is 270 g/mol. The minimum atomic E-state index is -0.854. The standard InChI is InChI=1S/C14H26N2O3/c1-6-7-16(9-8-15(4)5)12(17)10-11(13(18)19)14(10,2)3/h10-11H,6-9H2,1-5H3,(H,18,19)/t10-,11+/m1/s1. The normalized spacial score (nSPS) is 24.3. The number of carboxylic acids is 1. The van der Waals surface area contributed by atoms with Crippen molar-refractivity contribution in [2.45, 2.75) is 27.2 Å². The average Bonchev–Trinajstić information content (AvgIpc) is 2.86. The van der Waals surface area contributed by atoms with E-state index in [1.807, 2.05) is 44.7 Å². The van der Waals surface area contributed by atoms with Gasteiger partial charge >= 0.3 is 5.97 Å². The number of likely N-dealkylation sites (N-methyl/N-ethyl adjacent to an activating group) is 1. The van der Waals surface area contributed by atoms with Gasteiger partial charge in [-0.25, -0.2) is 0 Å². The molecule has 19 heavy (non-hydrogen) atoms. The molecule has 1 aliphatic carbocycles. The maximum Gasteiger partial charge on any atom is 0.307 e. The summed E-state index contributed by atoms with van der Waals surface area (Å²) in [4.78, 5) is 27.5. The van der Waals surface area contributed by atoms with Crippen molar-refractivity contribution in [3.05, 3.63) is 0 Å². The number of rotatable bonds is 7. The number of carbonyl (C=O) groups excluding carboxylic acids is 1. The Hall–Kier alpha value is -1.10. The Morgan fingerprint density at radius 3 is 2.05 bits per heavy atom. The molecule has 1 rings (SSSR count). The summed E-state index contributed by atoms with van der Waals surface area (Å²) in [6.45, 7) is 7.93. The van der Waals surface area contributed by atoms with E-state index in [1.54, 1.807) is 0 Å². The summed E-state index contributed by atoms with van der Waals surface area (Å²) >= 11 is 0. The summed E-state index contributed by atoms with van der Waals surface area (Å²) < 4.78 is 0. The Balaban J connectivity index is 2.70. The van der Waals surface area contributed by atoms with Gasteiger partial charge in [0.15, 0.2) is 0 Å². The van der Waals surface area contributed by atoms with Gasteiger partial charge in [0.25, 0.3) is 0 Å². The summed E-state index contributed by atoms with van der Waals surface area (Å²) in [5, 5.41) is 9.16. The van der Waals surface area contributed by atoms with Crippen LogP contribution in [0.2, 0.25) is 0 Å². The smallest absolute Gasteiger partial charge is 0.307 e. The highest BCUT2D eigenvalue weighted by atomic mass is 16.4. The molecule has 0 spiro atoms. The predicted octanol–water partition coefficient (Wildman–Crippen LogP) is 1.14. The van der Waals surface area contributed by atoms with Gasteiger partial charge in [-0.3, -0.25) is 9.59 Å². The second-order valence-electron chi connectivity index (χ2n) is 6.24. The van der Waals surface area contributed by atoms with Gasteiger partial charge in [0.05, 0.1) is 11.8 Å². The molecule has 0 aliphatic heterocycles. The predicted molar refractivity (Wildman–Crippen MR) is 73.8 cm³/mol. The number of carboxylic acid groups (broad SMARTS) is 1. The third kappa shape index (κ3) is 3.47. The van der Waals surface area contributed by atoms with Crippen LogP contribution in [0.1, 0.15) is 27.2 Å². The quantitative estimate of drug-likeness (QED) is 0.753. The molecule has 0 saturated heterocycles. The molecule has 1 aliphatic rings. The first-order chi connectivity index (χ1) is 8.73. The van der Waals surface area contributed by atoms with Crippen molar-refractivity contribution >= 4 is 11.9 Å². The van der Waals surface area contributed by atoms with Gasteiger partial charge in [-0.15, -0.1) is 0 Å². The molecule has 0 heterocycles. The number of aliphatic carboxylic acids is 1. The second-order valence-corrected chi connectivity index (χ2v) is 6.24. The lowest BCUT2D eigenvalue weighted by atomic mass is 10.1. The number of hydrogen-bond acceptors (Lipinski definition) is 3. The molecule has 0 aromatic rings. The van der Waals surface area contributed by atoms with Gasteiger partial charge in [0.2, 0.25) is 5.91 Å². The highest BCUT2D eigenvalue weighted by molar-refractivity contribution is 5.91. The number of carbonyl (C=O) groups is 2. The molecule has 0 aromatic carbocycles. The van der Waals surface area contributed by atoms with Gasteiger partial charge in [-0.1, -0.05) is 20.8 Å². The van der Waals surface area contributed by atoms with Crippen LogP contribution in [0.25, 0.3) is 0 Å². The molecular weight excluding hydrogens is 244 g/mol. The van der Waals surface area contributed by atoms with Crippen molar-refractivity contribution in [3.8, 4) is 0 Å². The van der Waals surface area contributed by atoms with Gasteiger partial charge in [0.1, 0.15) is 0 Å². The minimum Gasteiger partial charge on any atom is -0.481 e. The summed E-state index contributed by atoms with van der Waals surface area (Å²) in [6, 6.07) is 0. The van der Waals surface area contributed by atoms with E-state index in [2.05, 4.69) is 0 Å². The van der Waals surface area contributed by atoms with Crippen LogP contribution < -0.4 is 0 Å². The Kier molecular flexibility index (Phi) is 4.96. The van der Waals surface area contributed by atoms with Crippen molar-refractivity contribution in [1.29, 1.82) is 0 Å². The molecule has 1 amide bonds. The molecule has 0 radical (unpaired) electrons. The lowest BCUT2D eigenvalue weighted by Crippen LogP contribution is -2.39. The topological polar surface area (TPSA) is 60.9 Å².